The first kappa shape index (κ1) is 22.2. The number of benzene rings is 1. The van der Waals surface area contributed by atoms with Gasteiger partial charge < -0.3 is 20.3 Å². The van der Waals surface area contributed by atoms with Gasteiger partial charge in [-0.1, -0.05) is 30.4 Å². The van der Waals surface area contributed by atoms with Crippen molar-refractivity contribution in [3.63, 3.8) is 0 Å². The molecule has 3 aliphatic rings. The summed E-state index contributed by atoms with van der Waals surface area (Å²) in [5.74, 6) is -2.87. The molecule has 4 rings (SSSR count). The van der Waals surface area contributed by atoms with E-state index in [1.54, 1.807) is 30.4 Å². The number of fused-ring (bicyclic) bond motifs is 1. The third kappa shape index (κ3) is 3.62. The van der Waals surface area contributed by atoms with Gasteiger partial charge in [-0.3, -0.25) is 14.4 Å². The smallest absolute Gasteiger partial charge is 0.246 e. The molecule has 3 aliphatic heterocycles. The Balaban J connectivity index is 1.60. The molecule has 0 unspecified atom stereocenters. The van der Waals surface area contributed by atoms with Crippen LogP contribution in [-0.2, 0) is 25.7 Å². The molecule has 2 saturated heterocycles. The fourth-order valence-electron chi connectivity index (χ4n) is 4.95. The summed E-state index contributed by atoms with van der Waals surface area (Å²) >= 11 is 0. The van der Waals surface area contributed by atoms with Crippen LogP contribution in [0.2, 0.25) is 0 Å². The average molecular weight is 442 g/mol. The fourth-order valence-corrected chi connectivity index (χ4v) is 4.95. The van der Waals surface area contributed by atoms with Gasteiger partial charge in [0.1, 0.15) is 17.5 Å². The first-order chi connectivity index (χ1) is 15.1. The number of hydrogen-bond acceptors (Lipinski definition) is 4. The Morgan fingerprint density at radius 3 is 2.56 bits per heavy atom. The van der Waals surface area contributed by atoms with Crippen LogP contribution in [0.3, 0.4) is 0 Å². The van der Waals surface area contributed by atoms with Crippen molar-refractivity contribution in [3.8, 4) is 0 Å². The number of amides is 3. The largest absolute Gasteiger partial charge is 0.359 e. The molecule has 0 aromatic heterocycles. The second kappa shape index (κ2) is 7.85. The molecule has 0 saturated carbocycles. The Hall–Kier alpha value is -3.00. The van der Waals surface area contributed by atoms with E-state index in [0.29, 0.717) is 0 Å². The topological polar surface area (TPSA) is 87.7 Å². The maximum atomic E-state index is 13.4. The number of halogens is 1. The van der Waals surface area contributed by atoms with Crippen LogP contribution in [0, 0.1) is 17.7 Å². The van der Waals surface area contributed by atoms with Gasteiger partial charge >= 0.3 is 0 Å². The van der Waals surface area contributed by atoms with E-state index < -0.39 is 35.1 Å². The second-order valence-electron chi connectivity index (χ2n) is 9.56. The summed E-state index contributed by atoms with van der Waals surface area (Å²) in [5.41, 5.74) is -0.957. The first-order valence-electron chi connectivity index (χ1n) is 10.7. The Kier molecular flexibility index (Phi) is 5.45. The second-order valence-corrected chi connectivity index (χ2v) is 9.56. The lowest BCUT2D eigenvalue weighted by atomic mass is 9.74. The van der Waals surface area contributed by atoms with Gasteiger partial charge in [0, 0.05) is 18.6 Å². The zero-order valence-corrected chi connectivity index (χ0v) is 18.4. The maximum absolute atomic E-state index is 13.4. The van der Waals surface area contributed by atoms with Crippen molar-refractivity contribution in [2.45, 2.75) is 50.6 Å². The number of nitrogens with one attached hydrogen (secondary N) is 2. The van der Waals surface area contributed by atoms with Crippen LogP contribution >= 0.6 is 0 Å². The molecule has 1 spiro atoms. The van der Waals surface area contributed by atoms with Crippen LogP contribution < -0.4 is 10.6 Å². The van der Waals surface area contributed by atoms with Crippen molar-refractivity contribution in [1.29, 1.82) is 0 Å². The summed E-state index contributed by atoms with van der Waals surface area (Å²) in [6.45, 7) is 9.68. The van der Waals surface area contributed by atoms with Gasteiger partial charge in [0.05, 0.1) is 17.9 Å². The molecular weight excluding hydrogens is 413 g/mol. The Morgan fingerprint density at radius 2 is 1.94 bits per heavy atom. The molecule has 7 nitrogen and oxygen atoms in total. The Bertz CT molecular complexity index is 984. The number of likely N-dealkylation sites (tertiary alicyclic amines) is 1. The van der Waals surface area contributed by atoms with Crippen LogP contribution in [0.4, 0.5) is 4.39 Å². The van der Waals surface area contributed by atoms with Crippen molar-refractivity contribution in [2.75, 3.05) is 6.54 Å². The number of hydrogen-bond donors (Lipinski definition) is 2. The van der Waals surface area contributed by atoms with Crippen molar-refractivity contribution in [1.82, 2.24) is 15.5 Å². The molecule has 5 atom stereocenters. The lowest BCUT2D eigenvalue weighted by molar-refractivity contribution is -0.141. The number of nitrogens with zero attached hydrogens (tertiary/aromatic N) is 1. The average Bonchev–Trinajstić information content (AvgIpc) is 3.34. The van der Waals surface area contributed by atoms with Crippen LogP contribution in [0.15, 0.2) is 49.1 Å². The summed E-state index contributed by atoms with van der Waals surface area (Å²) in [4.78, 5) is 41.3. The molecule has 170 valence electrons. The standard InChI is InChI=1S/C24H28FN3O4/c1-5-12-28-19(21(30)27-23(2,3)4)24-11-10-16(32-24)17(18(24)22(28)31)20(29)26-13-14-6-8-15(25)9-7-14/h5-11,16-19H,1,12-13H2,2-4H3,(H,26,29)(H,27,30)/t16-,17+,18+,19-,24+/m1/s1. The van der Waals surface area contributed by atoms with Gasteiger partial charge in [-0.15, -0.1) is 6.58 Å². The molecule has 3 amide bonds. The van der Waals surface area contributed by atoms with Gasteiger partial charge in [-0.25, -0.2) is 4.39 Å². The van der Waals surface area contributed by atoms with Gasteiger partial charge in [0.2, 0.25) is 17.7 Å². The monoisotopic (exact) mass is 441 g/mol. The van der Waals surface area contributed by atoms with E-state index in [0.717, 1.165) is 5.56 Å². The summed E-state index contributed by atoms with van der Waals surface area (Å²) in [6, 6.07) is 4.94. The molecule has 3 heterocycles. The van der Waals surface area contributed by atoms with Gasteiger partial charge in [-0.2, -0.15) is 0 Å². The summed E-state index contributed by atoms with van der Waals surface area (Å²) in [6.07, 6.45) is 4.50. The third-order valence-electron chi connectivity index (χ3n) is 6.13. The van der Waals surface area contributed by atoms with E-state index in [-0.39, 0.29) is 36.6 Å². The minimum Gasteiger partial charge on any atom is -0.359 e. The van der Waals surface area contributed by atoms with Crippen LogP contribution in [0.5, 0.6) is 0 Å². The Labute approximate surface area is 186 Å². The minimum atomic E-state index is -1.20. The molecule has 2 N–H and O–H groups in total. The number of rotatable bonds is 6. The molecule has 0 radical (unpaired) electrons. The molecule has 1 aromatic rings. The van der Waals surface area contributed by atoms with Crippen molar-refractivity contribution in [2.24, 2.45) is 11.8 Å². The lowest BCUT2D eigenvalue weighted by Crippen LogP contribution is -2.57. The number of carbonyl (C=O) groups is 3. The molecule has 2 fully saturated rings. The van der Waals surface area contributed by atoms with Crippen LogP contribution in [-0.4, -0.2) is 52.5 Å². The highest BCUT2D eigenvalue weighted by Crippen LogP contribution is 2.55. The van der Waals surface area contributed by atoms with Crippen LogP contribution in [0.1, 0.15) is 26.3 Å². The molecule has 8 heteroatoms. The molecule has 32 heavy (non-hydrogen) atoms. The fraction of sp³-hybridized carbons (Fsp3) is 0.458. The van der Waals surface area contributed by atoms with Crippen molar-refractivity contribution >= 4 is 17.7 Å². The highest BCUT2D eigenvalue weighted by molar-refractivity contribution is 6.00. The van der Waals surface area contributed by atoms with Gasteiger partial charge in [-0.05, 0) is 38.5 Å². The zero-order chi connectivity index (χ0) is 23.3. The van der Waals surface area contributed by atoms with E-state index in [1.165, 1.54) is 17.0 Å². The number of ether oxygens (including phenoxy) is 1. The van der Waals surface area contributed by atoms with Crippen LogP contribution in [0.25, 0.3) is 0 Å². The van der Waals surface area contributed by atoms with E-state index in [4.69, 9.17) is 4.74 Å². The minimum absolute atomic E-state index is 0.172. The highest BCUT2D eigenvalue weighted by atomic mass is 19.1. The third-order valence-corrected chi connectivity index (χ3v) is 6.13. The Morgan fingerprint density at radius 1 is 1.25 bits per heavy atom. The summed E-state index contributed by atoms with van der Waals surface area (Å²) in [5, 5.41) is 5.78. The molecule has 1 aromatic carbocycles. The van der Waals surface area contributed by atoms with E-state index in [2.05, 4.69) is 17.2 Å². The van der Waals surface area contributed by atoms with E-state index in [1.807, 2.05) is 20.8 Å². The predicted molar refractivity (Wildman–Crippen MR) is 116 cm³/mol. The lowest BCUT2D eigenvalue weighted by Gasteiger charge is -2.34. The zero-order valence-electron chi connectivity index (χ0n) is 18.4. The SMILES string of the molecule is C=CCN1C(=O)[C@@H]2[C@@H](C(=O)NCc3ccc(F)cc3)[C@H]3C=C[C@@]2(O3)[C@H]1C(=O)NC(C)(C)C. The molecular formula is C24H28FN3O4. The summed E-state index contributed by atoms with van der Waals surface area (Å²) < 4.78 is 19.3. The van der Waals surface area contributed by atoms with E-state index >= 15 is 0 Å². The van der Waals surface area contributed by atoms with Crippen molar-refractivity contribution < 1.29 is 23.5 Å². The quantitative estimate of drug-likeness (QED) is 0.658. The van der Waals surface area contributed by atoms with Gasteiger partial charge in [0.15, 0.2) is 0 Å². The van der Waals surface area contributed by atoms with Crippen molar-refractivity contribution in [3.05, 3.63) is 60.5 Å². The van der Waals surface area contributed by atoms with Gasteiger partial charge in [0.25, 0.3) is 0 Å². The summed E-state index contributed by atoms with van der Waals surface area (Å²) in [7, 11) is 0. The molecule has 0 aliphatic carbocycles. The predicted octanol–water partition coefficient (Wildman–Crippen LogP) is 1.69. The highest BCUT2D eigenvalue weighted by Gasteiger charge is 2.72. The maximum Gasteiger partial charge on any atom is 0.246 e. The van der Waals surface area contributed by atoms with E-state index in [9.17, 15) is 18.8 Å². The molecule has 2 bridgehead atoms. The number of carbonyl (C=O) groups excluding carboxylic acids is 3. The first-order valence-corrected chi connectivity index (χ1v) is 10.7. The normalized spacial score (nSPS) is 30.4.